The van der Waals surface area contributed by atoms with Crippen LogP contribution in [-0.4, -0.2) is 61.4 Å². The fraction of sp³-hybridized carbons (Fsp3) is 0.615. The summed E-state index contributed by atoms with van der Waals surface area (Å²) in [5.41, 5.74) is 0.879. The largest absolute Gasteiger partial charge is 0.464 e. The van der Waals surface area contributed by atoms with E-state index in [0.29, 0.717) is 11.7 Å². The van der Waals surface area contributed by atoms with E-state index in [0.717, 1.165) is 25.9 Å². The van der Waals surface area contributed by atoms with Gasteiger partial charge in [-0.05, 0) is 33.0 Å². The molecule has 110 valence electrons. The highest BCUT2D eigenvalue weighted by molar-refractivity contribution is 6.29. The minimum Gasteiger partial charge on any atom is -0.464 e. The Balaban J connectivity index is 2.26. The summed E-state index contributed by atoms with van der Waals surface area (Å²) in [5.74, 6) is -0.496. The second kappa shape index (κ2) is 6.37. The molecule has 0 radical (unpaired) electrons. The molecule has 2 heterocycles. The first-order valence-electron chi connectivity index (χ1n) is 6.56. The maximum atomic E-state index is 11.8. The summed E-state index contributed by atoms with van der Waals surface area (Å²) < 4.78 is 4.75. The number of methoxy groups -OCH3 is 1. The number of hydrogen-bond acceptors (Lipinski definition) is 6. The van der Waals surface area contributed by atoms with E-state index in [-0.39, 0.29) is 10.8 Å². The second-order valence-corrected chi connectivity index (χ2v) is 5.43. The van der Waals surface area contributed by atoms with Gasteiger partial charge in [0.05, 0.1) is 12.8 Å². The molecule has 2 rings (SSSR count). The lowest BCUT2D eigenvalue weighted by Crippen LogP contribution is -2.42. The van der Waals surface area contributed by atoms with Crippen molar-refractivity contribution in [3.05, 3.63) is 16.9 Å². The molecule has 0 atom stereocenters. The van der Waals surface area contributed by atoms with Gasteiger partial charge in [0, 0.05) is 19.2 Å². The molecule has 6 nitrogen and oxygen atoms in total. The lowest BCUT2D eigenvalue weighted by molar-refractivity contribution is 0.0593. The summed E-state index contributed by atoms with van der Waals surface area (Å²) >= 11 is 5.91. The number of nitrogens with zero attached hydrogens (tertiary/aromatic N) is 4. The van der Waals surface area contributed by atoms with Crippen LogP contribution < -0.4 is 4.90 Å². The first kappa shape index (κ1) is 15.0. The average molecular weight is 299 g/mol. The molecule has 0 bridgehead atoms. The number of rotatable bonds is 3. The summed E-state index contributed by atoms with van der Waals surface area (Å²) in [6.45, 7) is 2.07. The number of aromatic nitrogens is 2. The number of likely N-dealkylation sites (tertiary alicyclic amines) is 1. The highest BCUT2D eigenvalue weighted by Crippen LogP contribution is 2.26. The Morgan fingerprint density at radius 3 is 2.70 bits per heavy atom. The normalized spacial score (nSPS) is 17.0. The molecule has 1 aromatic rings. The minimum absolute atomic E-state index is 0.207. The summed E-state index contributed by atoms with van der Waals surface area (Å²) in [6, 6.07) is 2.02. The summed E-state index contributed by atoms with van der Waals surface area (Å²) in [4.78, 5) is 16.1. The van der Waals surface area contributed by atoms with Crippen molar-refractivity contribution in [2.75, 3.05) is 39.2 Å². The Hall–Kier alpha value is -1.40. The van der Waals surface area contributed by atoms with Gasteiger partial charge < -0.3 is 14.5 Å². The van der Waals surface area contributed by atoms with Gasteiger partial charge in [-0.15, -0.1) is 10.2 Å². The smallest absolute Gasteiger partial charge is 0.360 e. The van der Waals surface area contributed by atoms with Crippen LogP contribution in [0.2, 0.25) is 5.15 Å². The highest BCUT2D eigenvalue weighted by Gasteiger charge is 2.25. The van der Waals surface area contributed by atoms with E-state index in [9.17, 15) is 4.79 Å². The van der Waals surface area contributed by atoms with Gasteiger partial charge in [-0.3, -0.25) is 0 Å². The number of hydrogen-bond donors (Lipinski definition) is 0. The van der Waals surface area contributed by atoms with Gasteiger partial charge in [0.15, 0.2) is 10.8 Å². The molecule has 0 saturated carbocycles. The molecular formula is C13H19ClN4O2. The van der Waals surface area contributed by atoms with Crippen molar-refractivity contribution in [2.24, 2.45) is 0 Å². The van der Waals surface area contributed by atoms with Crippen molar-refractivity contribution in [3.8, 4) is 0 Å². The highest BCUT2D eigenvalue weighted by atomic mass is 35.5. The first-order chi connectivity index (χ1) is 9.52. The second-order valence-electron chi connectivity index (χ2n) is 5.04. The lowest BCUT2D eigenvalue weighted by atomic mass is 10.0. The standard InChI is InChI=1S/C13H19ClN4O2/c1-17-6-4-9(5-7-17)18(2)10-8-11(14)15-16-12(10)13(19)20-3/h8-9H,4-7H2,1-3H3. The zero-order chi connectivity index (χ0) is 14.7. The van der Waals surface area contributed by atoms with Crippen LogP contribution in [0.3, 0.4) is 0 Å². The number of esters is 1. The molecule has 1 saturated heterocycles. The number of ether oxygens (including phenoxy) is 1. The Labute approximate surface area is 123 Å². The first-order valence-corrected chi connectivity index (χ1v) is 6.93. The Morgan fingerprint density at radius 1 is 1.45 bits per heavy atom. The predicted octanol–water partition coefficient (Wildman–Crippen LogP) is 1.45. The molecule has 0 aliphatic carbocycles. The van der Waals surface area contributed by atoms with Crippen molar-refractivity contribution >= 4 is 23.3 Å². The molecule has 0 N–H and O–H groups in total. The zero-order valence-corrected chi connectivity index (χ0v) is 12.7. The Bertz CT molecular complexity index is 489. The Kier molecular flexibility index (Phi) is 4.77. The molecule has 7 heteroatoms. The number of halogens is 1. The van der Waals surface area contributed by atoms with Crippen LogP contribution in [0.4, 0.5) is 5.69 Å². The fourth-order valence-electron chi connectivity index (χ4n) is 2.45. The van der Waals surface area contributed by atoms with Gasteiger partial charge in [-0.2, -0.15) is 0 Å². The van der Waals surface area contributed by atoms with E-state index in [1.807, 2.05) is 7.05 Å². The topological polar surface area (TPSA) is 58.6 Å². The van der Waals surface area contributed by atoms with Crippen LogP contribution in [0.5, 0.6) is 0 Å². The van der Waals surface area contributed by atoms with Gasteiger partial charge >= 0.3 is 5.97 Å². The van der Waals surface area contributed by atoms with Gasteiger partial charge in [0.1, 0.15) is 0 Å². The zero-order valence-electron chi connectivity index (χ0n) is 12.0. The van der Waals surface area contributed by atoms with Crippen molar-refractivity contribution in [3.63, 3.8) is 0 Å². The molecule has 0 unspecified atom stereocenters. The van der Waals surface area contributed by atoms with Crippen molar-refractivity contribution < 1.29 is 9.53 Å². The van der Waals surface area contributed by atoms with Crippen LogP contribution in [-0.2, 0) is 4.74 Å². The van der Waals surface area contributed by atoms with E-state index >= 15 is 0 Å². The van der Waals surface area contributed by atoms with E-state index in [4.69, 9.17) is 16.3 Å². The molecule has 0 aromatic carbocycles. The third kappa shape index (κ3) is 3.19. The van der Waals surface area contributed by atoms with Crippen LogP contribution in [0.1, 0.15) is 23.3 Å². The third-order valence-corrected chi connectivity index (χ3v) is 3.92. The van der Waals surface area contributed by atoms with Crippen LogP contribution >= 0.6 is 11.6 Å². The molecule has 1 fully saturated rings. The van der Waals surface area contributed by atoms with Crippen molar-refractivity contribution in [1.82, 2.24) is 15.1 Å². The number of anilines is 1. The number of carbonyl (C=O) groups excluding carboxylic acids is 1. The molecule has 0 spiro atoms. The molecular weight excluding hydrogens is 280 g/mol. The summed E-state index contributed by atoms with van der Waals surface area (Å²) in [6.07, 6.45) is 2.07. The number of carbonyl (C=O) groups is 1. The maximum Gasteiger partial charge on any atom is 0.360 e. The van der Waals surface area contributed by atoms with Crippen LogP contribution in [0, 0.1) is 0 Å². The Morgan fingerprint density at radius 2 is 2.10 bits per heavy atom. The van der Waals surface area contributed by atoms with E-state index < -0.39 is 5.97 Å². The fourth-order valence-corrected chi connectivity index (χ4v) is 2.59. The van der Waals surface area contributed by atoms with Gasteiger partial charge in [0.25, 0.3) is 0 Å². The predicted molar refractivity (Wildman–Crippen MR) is 77.3 cm³/mol. The monoisotopic (exact) mass is 298 g/mol. The average Bonchev–Trinajstić information content (AvgIpc) is 2.46. The molecule has 1 aliphatic heterocycles. The van der Waals surface area contributed by atoms with Gasteiger partial charge in [-0.1, -0.05) is 11.6 Å². The lowest BCUT2D eigenvalue weighted by Gasteiger charge is -2.36. The van der Waals surface area contributed by atoms with Gasteiger partial charge in [-0.25, -0.2) is 4.79 Å². The van der Waals surface area contributed by atoms with Crippen molar-refractivity contribution in [2.45, 2.75) is 18.9 Å². The summed E-state index contributed by atoms with van der Waals surface area (Å²) in [5, 5.41) is 7.87. The quantitative estimate of drug-likeness (QED) is 0.787. The van der Waals surface area contributed by atoms with E-state index in [1.54, 1.807) is 6.07 Å². The molecule has 0 amide bonds. The van der Waals surface area contributed by atoms with Crippen molar-refractivity contribution in [1.29, 1.82) is 0 Å². The maximum absolute atomic E-state index is 11.8. The summed E-state index contributed by atoms with van der Waals surface area (Å²) in [7, 11) is 5.40. The minimum atomic E-state index is -0.496. The molecule has 20 heavy (non-hydrogen) atoms. The van der Waals surface area contributed by atoms with Gasteiger partial charge in [0.2, 0.25) is 0 Å². The number of piperidine rings is 1. The van der Waals surface area contributed by atoms with E-state index in [1.165, 1.54) is 7.11 Å². The van der Waals surface area contributed by atoms with E-state index in [2.05, 4.69) is 27.0 Å². The molecule has 1 aliphatic rings. The molecule has 1 aromatic heterocycles. The third-order valence-electron chi connectivity index (χ3n) is 3.74. The SMILES string of the molecule is COC(=O)c1nnc(Cl)cc1N(C)C1CCN(C)CC1. The van der Waals surface area contributed by atoms with Crippen LogP contribution in [0.15, 0.2) is 6.07 Å². The van der Waals surface area contributed by atoms with Crippen LogP contribution in [0.25, 0.3) is 0 Å².